The molecule has 31 heavy (non-hydrogen) atoms. The number of benzene rings is 1. The van der Waals surface area contributed by atoms with Crippen molar-refractivity contribution in [2.75, 3.05) is 38.2 Å². The number of anilines is 1. The van der Waals surface area contributed by atoms with Crippen molar-refractivity contribution in [3.8, 4) is 0 Å². The summed E-state index contributed by atoms with van der Waals surface area (Å²) in [6.07, 6.45) is 3.04. The molecule has 2 aromatic heterocycles. The van der Waals surface area contributed by atoms with Crippen LogP contribution < -0.4 is 10.9 Å². The summed E-state index contributed by atoms with van der Waals surface area (Å²) >= 11 is 0. The summed E-state index contributed by atoms with van der Waals surface area (Å²) in [5.41, 5.74) is 4.85. The summed E-state index contributed by atoms with van der Waals surface area (Å²) in [6.45, 7) is 10.3. The number of morpholine rings is 1. The molecule has 1 aliphatic heterocycles. The molecule has 1 aromatic carbocycles. The van der Waals surface area contributed by atoms with Gasteiger partial charge in [0.25, 0.3) is 5.56 Å². The third-order valence-corrected chi connectivity index (χ3v) is 5.98. The molecular formula is C23H32N6O2. The maximum atomic E-state index is 12.7. The summed E-state index contributed by atoms with van der Waals surface area (Å²) in [7, 11) is 0. The Morgan fingerprint density at radius 1 is 1.16 bits per heavy atom. The highest BCUT2D eigenvalue weighted by Gasteiger charge is 2.12. The normalized spacial score (nSPS) is 14.9. The summed E-state index contributed by atoms with van der Waals surface area (Å²) in [5, 5.41) is 11.8. The second-order valence-corrected chi connectivity index (χ2v) is 8.19. The van der Waals surface area contributed by atoms with Crippen molar-refractivity contribution in [3.63, 3.8) is 0 Å². The first-order valence-electron chi connectivity index (χ1n) is 11.2. The Morgan fingerprint density at radius 2 is 1.97 bits per heavy atom. The van der Waals surface area contributed by atoms with Gasteiger partial charge in [0.1, 0.15) is 11.3 Å². The number of hydrogen-bond donors (Lipinski definition) is 2. The molecule has 0 amide bonds. The van der Waals surface area contributed by atoms with Crippen molar-refractivity contribution in [3.05, 3.63) is 51.3 Å². The molecule has 1 fully saturated rings. The van der Waals surface area contributed by atoms with Gasteiger partial charge in [0, 0.05) is 32.2 Å². The lowest BCUT2D eigenvalue weighted by atomic mass is 10.0. The molecular weight excluding hydrogens is 392 g/mol. The third-order valence-electron chi connectivity index (χ3n) is 5.98. The van der Waals surface area contributed by atoms with Gasteiger partial charge in [-0.05, 0) is 49.4 Å². The van der Waals surface area contributed by atoms with Crippen LogP contribution in [0.4, 0.5) is 5.82 Å². The summed E-state index contributed by atoms with van der Waals surface area (Å²) in [6, 6.07) is 8.34. The van der Waals surface area contributed by atoms with Gasteiger partial charge in [-0.15, -0.1) is 5.10 Å². The first-order chi connectivity index (χ1) is 15.1. The molecule has 8 nitrogen and oxygen atoms in total. The van der Waals surface area contributed by atoms with Crippen molar-refractivity contribution in [2.45, 2.75) is 46.2 Å². The highest BCUT2D eigenvalue weighted by molar-refractivity contribution is 5.76. The molecule has 0 atom stereocenters. The number of pyridine rings is 1. The Labute approximate surface area is 182 Å². The molecule has 8 heteroatoms. The van der Waals surface area contributed by atoms with Gasteiger partial charge < -0.3 is 15.0 Å². The van der Waals surface area contributed by atoms with Gasteiger partial charge in [-0.2, -0.15) is 0 Å². The Bertz CT molecular complexity index is 1070. The lowest BCUT2D eigenvalue weighted by molar-refractivity contribution is 0.0370. The average molecular weight is 425 g/mol. The number of fused-ring (bicyclic) bond motifs is 1. The highest BCUT2D eigenvalue weighted by Crippen LogP contribution is 2.15. The van der Waals surface area contributed by atoms with Gasteiger partial charge in [-0.1, -0.05) is 30.3 Å². The molecule has 0 spiro atoms. The van der Waals surface area contributed by atoms with E-state index in [2.05, 4.69) is 57.6 Å². The van der Waals surface area contributed by atoms with Crippen molar-refractivity contribution in [2.24, 2.45) is 0 Å². The van der Waals surface area contributed by atoms with Crippen LogP contribution in [0.2, 0.25) is 0 Å². The fraction of sp³-hybridized carbons (Fsp3) is 0.522. The lowest BCUT2D eigenvalue weighted by Crippen LogP contribution is -2.36. The number of H-pyrrole nitrogens is 1. The van der Waals surface area contributed by atoms with E-state index in [1.807, 2.05) is 6.07 Å². The molecule has 0 radical (unpaired) electrons. The first-order valence-corrected chi connectivity index (χ1v) is 11.2. The lowest BCUT2D eigenvalue weighted by Gasteiger charge is -2.26. The van der Waals surface area contributed by atoms with Gasteiger partial charge in [-0.25, -0.2) is 4.68 Å². The van der Waals surface area contributed by atoms with Crippen molar-refractivity contribution < 1.29 is 4.74 Å². The zero-order valence-corrected chi connectivity index (χ0v) is 18.5. The molecule has 4 rings (SSSR count). The van der Waals surface area contributed by atoms with E-state index in [1.54, 1.807) is 4.68 Å². The van der Waals surface area contributed by atoms with Crippen LogP contribution in [0.5, 0.6) is 0 Å². The van der Waals surface area contributed by atoms with Gasteiger partial charge in [0.2, 0.25) is 0 Å². The van der Waals surface area contributed by atoms with E-state index in [9.17, 15) is 4.79 Å². The van der Waals surface area contributed by atoms with Crippen LogP contribution >= 0.6 is 0 Å². The molecule has 1 saturated heterocycles. The first kappa shape index (κ1) is 21.5. The van der Waals surface area contributed by atoms with Gasteiger partial charge in [0.05, 0.1) is 13.2 Å². The quantitative estimate of drug-likeness (QED) is 0.514. The monoisotopic (exact) mass is 424 g/mol. The van der Waals surface area contributed by atoms with E-state index in [4.69, 9.17) is 4.74 Å². The Kier molecular flexibility index (Phi) is 6.99. The van der Waals surface area contributed by atoms with E-state index >= 15 is 0 Å². The minimum atomic E-state index is -0.156. The second kappa shape index (κ2) is 10.1. The minimum absolute atomic E-state index is 0.156. The number of rotatable bonds is 9. The van der Waals surface area contributed by atoms with Crippen LogP contribution in [0.3, 0.4) is 0 Å². The Hall–Kier alpha value is -2.71. The van der Waals surface area contributed by atoms with Crippen molar-refractivity contribution in [1.82, 2.24) is 24.9 Å². The second-order valence-electron chi connectivity index (χ2n) is 8.19. The number of aromatic nitrogens is 4. The van der Waals surface area contributed by atoms with E-state index in [1.165, 1.54) is 16.7 Å². The summed E-state index contributed by atoms with van der Waals surface area (Å²) in [5.74, 6) is 0.662. The molecule has 166 valence electrons. The number of aryl methyl sites for hydroxylation is 3. The van der Waals surface area contributed by atoms with Crippen LogP contribution in [-0.4, -0.2) is 57.7 Å². The molecule has 0 bridgehead atoms. The van der Waals surface area contributed by atoms with Crippen molar-refractivity contribution in [1.29, 1.82) is 0 Å². The number of hydrogen-bond acceptors (Lipinski definition) is 6. The van der Waals surface area contributed by atoms with Crippen LogP contribution in [0.25, 0.3) is 11.0 Å². The topological polar surface area (TPSA) is 88.1 Å². The predicted octanol–water partition coefficient (Wildman–Crippen LogP) is 2.71. The van der Waals surface area contributed by atoms with Gasteiger partial charge in [-0.3, -0.25) is 9.69 Å². The van der Waals surface area contributed by atoms with E-state index < -0.39 is 0 Å². The summed E-state index contributed by atoms with van der Waals surface area (Å²) < 4.78 is 7.11. The fourth-order valence-electron chi connectivity index (χ4n) is 4.10. The molecule has 2 N–H and O–H groups in total. The molecule has 3 heterocycles. The Morgan fingerprint density at radius 3 is 2.77 bits per heavy atom. The molecule has 0 saturated carbocycles. The van der Waals surface area contributed by atoms with Crippen LogP contribution in [0, 0.1) is 6.92 Å². The SMILES string of the molecule is CCc1cc(CNc2cc3nnn(CCCCN4CCOCC4)c3c(=O)[nH]2)ccc1C. The van der Waals surface area contributed by atoms with E-state index in [0.717, 1.165) is 52.1 Å². The van der Waals surface area contributed by atoms with E-state index in [0.29, 0.717) is 29.9 Å². The largest absolute Gasteiger partial charge is 0.379 e. The maximum Gasteiger partial charge on any atom is 0.277 e. The zero-order chi connectivity index (χ0) is 21.6. The van der Waals surface area contributed by atoms with Crippen LogP contribution in [-0.2, 0) is 24.2 Å². The number of unbranched alkanes of at least 4 members (excludes halogenated alkanes) is 1. The Balaban J connectivity index is 1.36. The number of nitrogens with one attached hydrogen (secondary N) is 2. The third kappa shape index (κ3) is 5.32. The van der Waals surface area contributed by atoms with E-state index in [-0.39, 0.29) is 5.56 Å². The standard InChI is InChI=1S/C23H32N6O2/c1-3-19-14-18(7-6-17(19)2)16-24-21-15-20-22(23(30)25-21)29(27-26-20)9-5-4-8-28-10-12-31-13-11-28/h6-7,14-15H,3-5,8-13,16H2,1-2H3,(H2,24,25,30). The average Bonchev–Trinajstić information content (AvgIpc) is 3.20. The fourth-order valence-corrected chi connectivity index (χ4v) is 4.10. The van der Waals surface area contributed by atoms with Gasteiger partial charge in [0.15, 0.2) is 5.52 Å². The number of aromatic amines is 1. The van der Waals surface area contributed by atoms with Crippen molar-refractivity contribution >= 4 is 16.9 Å². The smallest absolute Gasteiger partial charge is 0.277 e. The van der Waals surface area contributed by atoms with Crippen LogP contribution in [0.1, 0.15) is 36.5 Å². The van der Waals surface area contributed by atoms with Crippen LogP contribution in [0.15, 0.2) is 29.1 Å². The van der Waals surface area contributed by atoms with Gasteiger partial charge >= 0.3 is 0 Å². The molecule has 0 unspecified atom stereocenters. The zero-order valence-electron chi connectivity index (χ0n) is 18.5. The molecule has 3 aromatic rings. The maximum absolute atomic E-state index is 12.7. The molecule has 1 aliphatic rings. The summed E-state index contributed by atoms with van der Waals surface area (Å²) in [4.78, 5) is 18.1. The number of nitrogens with zero attached hydrogens (tertiary/aromatic N) is 4. The minimum Gasteiger partial charge on any atom is -0.379 e. The predicted molar refractivity (Wildman–Crippen MR) is 123 cm³/mol. The number of ether oxygens (including phenoxy) is 1. The highest BCUT2D eigenvalue weighted by atomic mass is 16.5. The molecule has 0 aliphatic carbocycles.